The van der Waals surface area contributed by atoms with Gasteiger partial charge in [-0.05, 0) is 18.4 Å². The number of fused-ring (bicyclic) bond motifs is 1. The van der Waals surface area contributed by atoms with E-state index in [1.54, 1.807) is 11.0 Å². The molecule has 0 unspecified atom stereocenters. The van der Waals surface area contributed by atoms with Crippen LogP contribution in [0, 0.1) is 17.2 Å². The molecular formula is C21H30ClN7O4. The quantitative estimate of drug-likeness (QED) is 0.536. The lowest BCUT2D eigenvalue weighted by molar-refractivity contribution is -0.131. The van der Waals surface area contributed by atoms with Crippen LogP contribution in [0.4, 0.5) is 10.6 Å². The average molecular weight is 480 g/mol. The van der Waals surface area contributed by atoms with E-state index >= 15 is 0 Å². The molecule has 12 heteroatoms. The minimum atomic E-state index is -1.13. The third-order valence-corrected chi connectivity index (χ3v) is 5.84. The van der Waals surface area contributed by atoms with Gasteiger partial charge >= 0.3 is 6.09 Å². The lowest BCUT2D eigenvalue weighted by Gasteiger charge is -2.42. The van der Waals surface area contributed by atoms with Crippen molar-refractivity contribution in [1.82, 2.24) is 19.4 Å². The molecule has 1 aliphatic heterocycles. The van der Waals surface area contributed by atoms with E-state index < -0.39 is 6.09 Å². The molecule has 1 amide bonds. The molecule has 180 valence electrons. The first-order chi connectivity index (χ1) is 15.4. The van der Waals surface area contributed by atoms with Crippen molar-refractivity contribution in [2.45, 2.75) is 32.2 Å². The number of nitriles is 1. The monoisotopic (exact) mass is 479 g/mol. The molecule has 2 aromatic rings. The van der Waals surface area contributed by atoms with Crippen molar-refractivity contribution in [3.05, 3.63) is 18.1 Å². The molecular weight excluding hydrogens is 450 g/mol. The van der Waals surface area contributed by atoms with Crippen molar-refractivity contribution >= 4 is 41.3 Å². The number of nitrogens with zero attached hydrogens (tertiary/aromatic N) is 6. The number of likely N-dealkylation sites (tertiary alicyclic amines) is 1. The predicted octanol–water partition coefficient (Wildman–Crippen LogP) is 1.48. The van der Waals surface area contributed by atoms with Gasteiger partial charge in [0.25, 0.3) is 0 Å². The summed E-state index contributed by atoms with van der Waals surface area (Å²) in [7, 11) is 1.90. The molecule has 0 bridgehead atoms. The predicted molar refractivity (Wildman–Crippen MR) is 125 cm³/mol. The summed E-state index contributed by atoms with van der Waals surface area (Å²) in [5.74, 6) is 1.17. The van der Waals surface area contributed by atoms with Crippen molar-refractivity contribution in [2.24, 2.45) is 11.7 Å². The molecule has 1 saturated heterocycles. The SMILES string of the molecule is C[C@@H]1CCN(C(=O)CC#N)C[C@@H]1N(C)c1nc(CCOCCN)nc2c1ccn2C(=O)O.Cl. The first-order valence-electron chi connectivity index (χ1n) is 10.6. The van der Waals surface area contributed by atoms with Crippen LogP contribution in [0.15, 0.2) is 12.3 Å². The highest BCUT2D eigenvalue weighted by atomic mass is 35.5. The van der Waals surface area contributed by atoms with E-state index in [-0.39, 0.29) is 36.7 Å². The number of piperidine rings is 1. The van der Waals surface area contributed by atoms with Crippen molar-refractivity contribution in [3.63, 3.8) is 0 Å². The number of likely N-dealkylation sites (N-methyl/N-ethyl adjacent to an activating group) is 1. The largest absolute Gasteiger partial charge is 0.464 e. The van der Waals surface area contributed by atoms with Gasteiger partial charge in [-0.2, -0.15) is 5.26 Å². The Labute approximate surface area is 198 Å². The van der Waals surface area contributed by atoms with Crippen LogP contribution >= 0.6 is 12.4 Å². The topological polar surface area (TPSA) is 151 Å². The second-order valence-corrected chi connectivity index (χ2v) is 7.94. The summed E-state index contributed by atoms with van der Waals surface area (Å²) >= 11 is 0. The first kappa shape index (κ1) is 26.3. The van der Waals surface area contributed by atoms with Gasteiger partial charge in [0, 0.05) is 39.3 Å². The zero-order chi connectivity index (χ0) is 23.3. The number of carboxylic acid groups (broad SMARTS) is 1. The second-order valence-electron chi connectivity index (χ2n) is 7.94. The maximum Gasteiger partial charge on any atom is 0.417 e. The van der Waals surface area contributed by atoms with E-state index in [1.807, 2.05) is 18.0 Å². The van der Waals surface area contributed by atoms with Gasteiger partial charge in [0.2, 0.25) is 5.91 Å². The molecule has 1 fully saturated rings. The number of ether oxygens (including phenoxy) is 1. The van der Waals surface area contributed by atoms with Gasteiger partial charge in [0.05, 0.1) is 30.7 Å². The number of nitrogens with two attached hydrogens (primary N) is 1. The molecule has 3 rings (SSSR count). The Kier molecular flexibility index (Phi) is 9.40. The number of carbonyl (C=O) groups is 2. The van der Waals surface area contributed by atoms with Crippen molar-refractivity contribution < 1.29 is 19.4 Å². The van der Waals surface area contributed by atoms with Gasteiger partial charge in [-0.3, -0.25) is 4.79 Å². The molecule has 0 aromatic carbocycles. The van der Waals surface area contributed by atoms with Gasteiger partial charge in [-0.15, -0.1) is 12.4 Å². The van der Waals surface area contributed by atoms with Gasteiger partial charge in [0.15, 0.2) is 5.65 Å². The zero-order valence-corrected chi connectivity index (χ0v) is 19.6. The number of amides is 1. The number of rotatable bonds is 8. The summed E-state index contributed by atoms with van der Waals surface area (Å²) < 4.78 is 6.52. The number of carbonyl (C=O) groups excluding carboxylic acids is 1. The Balaban J connectivity index is 0.00000385. The van der Waals surface area contributed by atoms with Crippen LogP contribution < -0.4 is 10.6 Å². The molecule has 0 saturated carbocycles. The Hall–Kier alpha value is -2.94. The van der Waals surface area contributed by atoms with Crippen LogP contribution in [-0.2, 0) is 16.0 Å². The Morgan fingerprint density at radius 3 is 2.82 bits per heavy atom. The summed E-state index contributed by atoms with van der Waals surface area (Å²) in [5.41, 5.74) is 5.76. The summed E-state index contributed by atoms with van der Waals surface area (Å²) in [5, 5.41) is 19.1. The molecule has 11 nitrogen and oxygen atoms in total. The summed E-state index contributed by atoms with van der Waals surface area (Å²) in [6.07, 6.45) is 1.40. The number of hydrogen-bond donors (Lipinski definition) is 2. The molecule has 0 spiro atoms. The van der Waals surface area contributed by atoms with Crippen molar-refractivity contribution in [2.75, 3.05) is 44.8 Å². The highest BCUT2D eigenvalue weighted by Gasteiger charge is 2.33. The third kappa shape index (κ3) is 5.90. The summed E-state index contributed by atoms with van der Waals surface area (Å²) in [6.45, 7) is 4.41. The van der Waals surface area contributed by atoms with Gasteiger partial charge in [-0.25, -0.2) is 19.3 Å². The maximum atomic E-state index is 12.3. The molecule has 2 aromatic heterocycles. The van der Waals surface area contributed by atoms with E-state index in [2.05, 4.69) is 11.9 Å². The lowest BCUT2D eigenvalue weighted by atomic mass is 9.92. The summed E-state index contributed by atoms with van der Waals surface area (Å²) in [4.78, 5) is 36.9. The lowest BCUT2D eigenvalue weighted by Crippen LogP contribution is -2.52. The van der Waals surface area contributed by atoms with E-state index in [0.717, 1.165) is 11.0 Å². The average Bonchev–Trinajstić information content (AvgIpc) is 3.20. The number of aromatic nitrogens is 3. The smallest absolute Gasteiger partial charge is 0.417 e. The van der Waals surface area contributed by atoms with E-state index in [1.165, 1.54) is 6.20 Å². The molecule has 33 heavy (non-hydrogen) atoms. The van der Waals surface area contributed by atoms with Crippen LogP contribution in [0.1, 0.15) is 25.6 Å². The number of hydrogen-bond acceptors (Lipinski definition) is 8. The van der Waals surface area contributed by atoms with E-state index in [4.69, 9.17) is 20.7 Å². The highest BCUT2D eigenvalue weighted by Crippen LogP contribution is 2.30. The van der Waals surface area contributed by atoms with Gasteiger partial charge in [0.1, 0.15) is 18.1 Å². The van der Waals surface area contributed by atoms with Crippen molar-refractivity contribution in [3.8, 4) is 6.07 Å². The van der Waals surface area contributed by atoms with Gasteiger partial charge in [-0.1, -0.05) is 6.92 Å². The Morgan fingerprint density at radius 1 is 1.39 bits per heavy atom. The molecule has 3 heterocycles. The summed E-state index contributed by atoms with van der Waals surface area (Å²) in [6, 6.07) is 3.57. The maximum absolute atomic E-state index is 12.3. The minimum Gasteiger partial charge on any atom is -0.464 e. The Morgan fingerprint density at radius 2 is 2.15 bits per heavy atom. The number of halogens is 1. The van der Waals surface area contributed by atoms with Crippen LogP contribution in [0.5, 0.6) is 0 Å². The zero-order valence-electron chi connectivity index (χ0n) is 18.8. The first-order valence-corrected chi connectivity index (χ1v) is 10.6. The van der Waals surface area contributed by atoms with E-state index in [9.17, 15) is 14.7 Å². The van der Waals surface area contributed by atoms with Crippen LogP contribution in [0.3, 0.4) is 0 Å². The normalized spacial score (nSPS) is 17.9. The fourth-order valence-corrected chi connectivity index (χ4v) is 4.04. The van der Waals surface area contributed by atoms with Crippen molar-refractivity contribution in [1.29, 1.82) is 5.26 Å². The third-order valence-electron chi connectivity index (χ3n) is 5.84. The fraction of sp³-hybridized carbons (Fsp3) is 0.571. The van der Waals surface area contributed by atoms with E-state index in [0.29, 0.717) is 61.9 Å². The van der Waals surface area contributed by atoms with Gasteiger partial charge < -0.3 is 25.4 Å². The molecule has 2 atom stereocenters. The molecule has 0 radical (unpaired) electrons. The second kappa shape index (κ2) is 11.8. The van der Waals surface area contributed by atoms with Crippen LogP contribution in [0.25, 0.3) is 11.0 Å². The molecule has 3 N–H and O–H groups in total. The number of anilines is 1. The molecule has 1 aliphatic rings. The fourth-order valence-electron chi connectivity index (χ4n) is 4.04. The van der Waals surface area contributed by atoms with Crippen LogP contribution in [0.2, 0.25) is 0 Å². The minimum absolute atomic E-state index is 0. The van der Waals surface area contributed by atoms with Crippen LogP contribution in [-0.4, -0.2) is 82.5 Å². The highest BCUT2D eigenvalue weighted by molar-refractivity contribution is 5.93. The Bertz CT molecular complexity index is 1020. The standard InChI is InChI=1S/C21H29N7O4.ClH/c1-14-4-9-27(18(29)3-7-22)13-16(14)26(2)19-15-5-10-28(21(30)31)20(15)25-17(24-19)6-11-32-12-8-23;/h5,10,14,16H,3-4,6,8-9,11-13,23H2,1-2H3,(H,30,31);1H/t14-,16+;/m1./s1. The molecule has 0 aliphatic carbocycles.